The van der Waals surface area contributed by atoms with E-state index < -0.39 is 0 Å². The molecule has 0 aliphatic carbocycles. The number of hydrogen-bond acceptors (Lipinski definition) is 3. The molecule has 0 aromatic heterocycles. The van der Waals surface area contributed by atoms with Gasteiger partial charge in [0.15, 0.2) is 0 Å². The zero-order valence-electron chi connectivity index (χ0n) is 9.05. The molecule has 0 aromatic rings. The lowest BCUT2D eigenvalue weighted by Crippen LogP contribution is -2.46. The van der Waals surface area contributed by atoms with Gasteiger partial charge in [0, 0.05) is 6.04 Å². The van der Waals surface area contributed by atoms with Gasteiger partial charge in [0.2, 0.25) is 0 Å². The number of nitrogens with one attached hydrogen (secondary N) is 1. The van der Waals surface area contributed by atoms with E-state index in [0.717, 1.165) is 19.8 Å². The predicted molar refractivity (Wildman–Crippen MR) is 55.0 cm³/mol. The molecule has 13 heavy (non-hydrogen) atoms. The molecule has 1 aliphatic heterocycles. The van der Waals surface area contributed by atoms with Crippen molar-refractivity contribution in [3.8, 4) is 0 Å². The first-order chi connectivity index (χ1) is 6.20. The van der Waals surface area contributed by atoms with Gasteiger partial charge < -0.3 is 15.0 Å². The van der Waals surface area contributed by atoms with Gasteiger partial charge in [-0.15, -0.1) is 0 Å². The van der Waals surface area contributed by atoms with E-state index in [9.17, 15) is 0 Å². The Morgan fingerprint density at radius 2 is 2.15 bits per heavy atom. The van der Waals surface area contributed by atoms with E-state index in [1.807, 2.05) is 0 Å². The van der Waals surface area contributed by atoms with Crippen LogP contribution in [0.1, 0.15) is 20.3 Å². The van der Waals surface area contributed by atoms with Crippen molar-refractivity contribution in [1.29, 1.82) is 0 Å². The number of hydrogen-bond donors (Lipinski definition) is 1. The molecule has 0 bridgehead atoms. The van der Waals surface area contributed by atoms with E-state index >= 15 is 0 Å². The van der Waals surface area contributed by atoms with Crippen LogP contribution in [0.4, 0.5) is 0 Å². The van der Waals surface area contributed by atoms with Crippen LogP contribution in [-0.4, -0.2) is 50.3 Å². The molecule has 0 spiro atoms. The van der Waals surface area contributed by atoms with Gasteiger partial charge in [-0.3, -0.25) is 0 Å². The largest absolute Gasteiger partial charge is 0.378 e. The highest BCUT2D eigenvalue weighted by Crippen LogP contribution is 1.99. The molecule has 0 aromatic carbocycles. The number of rotatable bonds is 6. The minimum Gasteiger partial charge on any atom is -0.378 e. The van der Waals surface area contributed by atoms with Crippen molar-refractivity contribution in [1.82, 2.24) is 10.2 Å². The summed E-state index contributed by atoms with van der Waals surface area (Å²) in [7, 11) is 2.18. The zero-order valence-corrected chi connectivity index (χ0v) is 9.05. The topological polar surface area (TPSA) is 24.5 Å². The molecule has 1 heterocycles. The fourth-order valence-corrected chi connectivity index (χ4v) is 1.25. The lowest BCUT2D eigenvalue weighted by atomic mass is 10.2. The Morgan fingerprint density at radius 1 is 1.46 bits per heavy atom. The average Bonchev–Trinajstić information content (AvgIpc) is 2.00. The molecule has 0 atom stereocenters. The summed E-state index contributed by atoms with van der Waals surface area (Å²) in [6.07, 6.45) is 1.23. The molecule has 3 heteroatoms. The molecule has 1 N–H and O–H groups in total. The molecule has 0 amide bonds. The summed E-state index contributed by atoms with van der Waals surface area (Å²) >= 11 is 0. The maximum Gasteiger partial charge on any atom is 0.0643 e. The van der Waals surface area contributed by atoms with Crippen LogP contribution >= 0.6 is 0 Å². The van der Waals surface area contributed by atoms with Crippen LogP contribution in [0.5, 0.6) is 0 Å². The first kappa shape index (κ1) is 11.0. The second-order valence-corrected chi connectivity index (χ2v) is 4.12. The summed E-state index contributed by atoms with van der Waals surface area (Å²) in [4.78, 5) is 2.37. The second kappa shape index (κ2) is 5.58. The van der Waals surface area contributed by atoms with Gasteiger partial charge in [-0.2, -0.15) is 0 Å². The molecular weight excluding hydrogens is 164 g/mol. The highest BCUT2D eigenvalue weighted by molar-refractivity contribution is 4.72. The molecule has 1 aliphatic rings. The van der Waals surface area contributed by atoms with E-state index in [1.165, 1.54) is 13.0 Å². The molecule has 0 unspecified atom stereocenters. The SMILES string of the molecule is CC(C)N(C)CCCNC1COC1. The molecule has 0 radical (unpaired) electrons. The smallest absolute Gasteiger partial charge is 0.0643 e. The number of nitrogens with zero attached hydrogens (tertiary/aromatic N) is 1. The third kappa shape index (κ3) is 4.07. The first-order valence-corrected chi connectivity index (χ1v) is 5.21. The summed E-state index contributed by atoms with van der Waals surface area (Å²) in [6, 6.07) is 1.29. The minimum absolute atomic E-state index is 0.629. The van der Waals surface area contributed by atoms with E-state index in [1.54, 1.807) is 0 Å². The van der Waals surface area contributed by atoms with Gasteiger partial charge in [0.25, 0.3) is 0 Å². The maximum atomic E-state index is 5.08. The van der Waals surface area contributed by atoms with Crippen LogP contribution in [-0.2, 0) is 4.74 Å². The Morgan fingerprint density at radius 3 is 2.62 bits per heavy atom. The molecule has 0 saturated carbocycles. The van der Waals surface area contributed by atoms with E-state index in [4.69, 9.17) is 4.74 Å². The molecule has 78 valence electrons. The van der Waals surface area contributed by atoms with Crippen molar-refractivity contribution in [2.24, 2.45) is 0 Å². The van der Waals surface area contributed by atoms with Crippen molar-refractivity contribution < 1.29 is 4.74 Å². The summed E-state index contributed by atoms with van der Waals surface area (Å²) in [6.45, 7) is 8.56. The standard InChI is InChI=1S/C10H22N2O/c1-9(2)12(3)6-4-5-11-10-7-13-8-10/h9-11H,4-8H2,1-3H3. The third-order valence-electron chi connectivity index (χ3n) is 2.64. The molecule has 1 saturated heterocycles. The highest BCUT2D eigenvalue weighted by atomic mass is 16.5. The van der Waals surface area contributed by atoms with Crippen molar-refractivity contribution >= 4 is 0 Å². The fraction of sp³-hybridized carbons (Fsp3) is 1.00. The van der Waals surface area contributed by atoms with Gasteiger partial charge >= 0.3 is 0 Å². The average molecular weight is 186 g/mol. The van der Waals surface area contributed by atoms with Crippen LogP contribution in [0, 0.1) is 0 Å². The van der Waals surface area contributed by atoms with Crippen LogP contribution in [0.3, 0.4) is 0 Å². The van der Waals surface area contributed by atoms with Crippen LogP contribution in [0.15, 0.2) is 0 Å². The second-order valence-electron chi connectivity index (χ2n) is 4.12. The molecule has 1 fully saturated rings. The van der Waals surface area contributed by atoms with Crippen molar-refractivity contribution in [3.63, 3.8) is 0 Å². The third-order valence-corrected chi connectivity index (χ3v) is 2.64. The van der Waals surface area contributed by atoms with Crippen LogP contribution in [0.2, 0.25) is 0 Å². The Hall–Kier alpha value is -0.120. The normalized spacial score (nSPS) is 18.2. The lowest BCUT2D eigenvalue weighted by Gasteiger charge is -2.27. The van der Waals surface area contributed by atoms with Gasteiger partial charge in [0.1, 0.15) is 0 Å². The zero-order chi connectivity index (χ0) is 9.68. The van der Waals surface area contributed by atoms with Crippen LogP contribution in [0.25, 0.3) is 0 Å². The van der Waals surface area contributed by atoms with Crippen molar-refractivity contribution in [2.75, 3.05) is 33.4 Å². The van der Waals surface area contributed by atoms with E-state index in [0.29, 0.717) is 12.1 Å². The summed E-state index contributed by atoms with van der Waals surface area (Å²) in [5.74, 6) is 0. The fourth-order valence-electron chi connectivity index (χ4n) is 1.25. The van der Waals surface area contributed by atoms with E-state index in [-0.39, 0.29) is 0 Å². The van der Waals surface area contributed by atoms with Gasteiger partial charge in [-0.05, 0) is 40.4 Å². The van der Waals surface area contributed by atoms with E-state index in [2.05, 4.69) is 31.1 Å². The lowest BCUT2D eigenvalue weighted by molar-refractivity contribution is -0.00515. The molecule has 1 rings (SSSR count). The van der Waals surface area contributed by atoms with Crippen molar-refractivity contribution in [3.05, 3.63) is 0 Å². The van der Waals surface area contributed by atoms with Crippen molar-refractivity contribution in [2.45, 2.75) is 32.4 Å². The van der Waals surface area contributed by atoms with Gasteiger partial charge in [-0.25, -0.2) is 0 Å². The summed E-state index contributed by atoms with van der Waals surface area (Å²) < 4.78 is 5.08. The highest BCUT2D eigenvalue weighted by Gasteiger charge is 2.16. The van der Waals surface area contributed by atoms with Gasteiger partial charge in [0.05, 0.1) is 19.3 Å². The quantitative estimate of drug-likeness (QED) is 0.618. The minimum atomic E-state index is 0.629. The number of ether oxygens (including phenoxy) is 1. The monoisotopic (exact) mass is 186 g/mol. The summed E-state index contributed by atoms with van der Waals surface area (Å²) in [5, 5.41) is 3.46. The molecule has 3 nitrogen and oxygen atoms in total. The predicted octanol–water partition coefficient (Wildman–Crippen LogP) is 0.705. The molecular formula is C10H22N2O. The summed E-state index contributed by atoms with van der Waals surface area (Å²) in [5.41, 5.74) is 0. The van der Waals surface area contributed by atoms with Crippen LogP contribution < -0.4 is 5.32 Å². The Balaban J connectivity index is 1.88. The first-order valence-electron chi connectivity index (χ1n) is 5.21. The maximum absolute atomic E-state index is 5.08. The van der Waals surface area contributed by atoms with Gasteiger partial charge in [-0.1, -0.05) is 0 Å². The Labute approximate surface area is 81.4 Å². The Bertz CT molecular complexity index is 135. The Kier molecular flexibility index (Phi) is 4.70.